The molecule has 0 saturated carbocycles. The van der Waals surface area contributed by atoms with Crippen molar-refractivity contribution in [3.05, 3.63) is 96.6 Å². The molecule has 1 fully saturated rings. The van der Waals surface area contributed by atoms with Gasteiger partial charge in [0.25, 0.3) is 0 Å². The van der Waals surface area contributed by atoms with Gasteiger partial charge in [-0.1, -0.05) is 18.7 Å². The Kier molecular flexibility index (Phi) is 8.86. The molecule has 0 unspecified atom stereocenters. The number of nitrogens with zero attached hydrogens (tertiary/aromatic N) is 7. The van der Waals surface area contributed by atoms with E-state index in [1.807, 2.05) is 28.8 Å². The summed E-state index contributed by atoms with van der Waals surface area (Å²) in [5.41, 5.74) is 12.3. The van der Waals surface area contributed by atoms with Crippen molar-refractivity contribution in [3.8, 4) is 23.1 Å². The van der Waals surface area contributed by atoms with Gasteiger partial charge < -0.3 is 11.1 Å². The minimum atomic E-state index is -0.410. The molecule has 0 spiro atoms. The van der Waals surface area contributed by atoms with Gasteiger partial charge in [-0.25, -0.2) is 19.3 Å². The molecule has 6 rings (SSSR count). The smallest absolute Gasteiger partial charge is 0.164 e. The van der Waals surface area contributed by atoms with Gasteiger partial charge in [0, 0.05) is 66.0 Å². The van der Waals surface area contributed by atoms with Crippen molar-refractivity contribution in [2.45, 2.75) is 30.3 Å². The molecule has 3 aromatic heterocycles. The number of fused-ring (bicyclic) bond motifs is 1. The van der Waals surface area contributed by atoms with E-state index >= 15 is 0 Å². The number of pyridine rings is 2. The zero-order valence-electron chi connectivity index (χ0n) is 24.7. The Bertz CT molecular complexity index is 1900. The fourth-order valence-electron chi connectivity index (χ4n) is 5.69. The Morgan fingerprint density at radius 2 is 1.87 bits per heavy atom. The molecule has 0 amide bonds. The highest BCUT2D eigenvalue weighted by atomic mass is 32.2. The zero-order valence-corrected chi connectivity index (χ0v) is 25.5. The molecule has 3 N–H and O–H groups in total. The van der Waals surface area contributed by atoms with Crippen molar-refractivity contribution in [2.24, 2.45) is 4.99 Å². The van der Waals surface area contributed by atoms with E-state index in [0.29, 0.717) is 33.5 Å². The summed E-state index contributed by atoms with van der Waals surface area (Å²) in [6, 6.07) is 21.1. The molecule has 11 heteroatoms. The molecule has 226 valence electrons. The number of imidazole rings is 1. The van der Waals surface area contributed by atoms with E-state index in [2.05, 4.69) is 68.8 Å². The van der Waals surface area contributed by atoms with Crippen LogP contribution in [0, 0.1) is 17.1 Å². The average Bonchev–Trinajstić information content (AvgIpc) is 3.44. The van der Waals surface area contributed by atoms with Crippen molar-refractivity contribution < 1.29 is 4.39 Å². The highest BCUT2D eigenvalue weighted by Crippen LogP contribution is 2.37. The molecular weight excluding hydrogens is 586 g/mol. The quantitative estimate of drug-likeness (QED) is 0.137. The summed E-state index contributed by atoms with van der Waals surface area (Å²) in [4.78, 5) is 20.8. The van der Waals surface area contributed by atoms with Crippen molar-refractivity contribution in [3.63, 3.8) is 0 Å². The molecule has 5 aromatic rings. The Morgan fingerprint density at radius 1 is 1.11 bits per heavy atom. The predicted octanol–water partition coefficient (Wildman–Crippen LogP) is 6.38. The number of likely N-dealkylation sites (tertiary alicyclic amines) is 1. The van der Waals surface area contributed by atoms with Crippen LogP contribution >= 0.6 is 11.8 Å². The van der Waals surface area contributed by atoms with Gasteiger partial charge in [-0.15, -0.1) is 11.8 Å². The van der Waals surface area contributed by atoms with Crippen LogP contribution in [0.4, 0.5) is 15.9 Å². The van der Waals surface area contributed by atoms with Gasteiger partial charge in [-0.3, -0.25) is 14.5 Å². The molecule has 0 bridgehead atoms. The molecule has 2 aromatic carbocycles. The second kappa shape index (κ2) is 13.3. The van der Waals surface area contributed by atoms with Gasteiger partial charge in [-0.2, -0.15) is 5.26 Å². The Balaban J connectivity index is 1.12. The second-order valence-corrected chi connectivity index (χ2v) is 11.8. The van der Waals surface area contributed by atoms with Crippen LogP contribution in [0.25, 0.3) is 33.9 Å². The molecule has 9 nitrogen and oxygen atoms in total. The SMILES string of the molecule is C=Nc1cc(F)cc(C(=C)NC2CCN(Cc3ccc(-n4c(-c5cccnc5N)nc5cccnc54)cc3)CC2)c1SCC#N. The summed E-state index contributed by atoms with van der Waals surface area (Å²) in [5, 5.41) is 12.6. The highest BCUT2D eigenvalue weighted by Gasteiger charge is 2.22. The summed E-state index contributed by atoms with van der Waals surface area (Å²) in [6.45, 7) is 10.4. The molecule has 0 atom stereocenters. The molecule has 1 saturated heterocycles. The summed E-state index contributed by atoms with van der Waals surface area (Å²) in [6.07, 6.45) is 5.27. The zero-order chi connectivity index (χ0) is 31.3. The number of benzene rings is 2. The summed E-state index contributed by atoms with van der Waals surface area (Å²) in [7, 11) is 0. The fourth-order valence-corrected chi connectivity index (χ4v) is 6.51. The van der Waals surface area contributed by atoms with Crippen molar-refractivity contribution in [1.82, 2.24) is 29.7 Å². The van der Waals surface area contributed by atoms with Gasteiger partial charge >= 0.3 is 0 Å². The maximum atomic E-state index is 14.3. The first kappa shape index (κ1) is 30.0. The van der Waals surface area contributed by atoms with Gasteiger partial charge in [-0.05, 0) is 67.6 Å². The number of aliphatic imine (C=N–C) groups is 1. The minimum absolute atomic E-state index is 0.203. The van der Waals surface area contributed by atoms with Crippen LogP contribution in [0.5, 0.6) is 0 Å². The number of nitriles is 1. The first-order valence-electron chi connectivity index (χ1n) is 14.6. The third-order valence-corrected chi connectivity index (χ3v) is 8.86. The number of rotatable bonds is 10. The number of hydrogen-bond acceptors (Lipinski definition) is 9. The van der Waals surface area contributed by atoms with Gasteiger partial charge in [0.2, 0.25) is 0 Å². The molecular formula is C34H32FN9S. The van der Waals surface area contributed by atoms with E-state index in [-0.39, 0.29) is 11.8 Å². The number of aromatic nitrogens is 4. The van der Waals surface area contributed by atoms with Crippen molar-refractivity contribution in [1.29, 1.82) is 5.26 Å². The molecule has 0 aliphatic carbocycles. The monoisotopic (exact) mass is 617 g/mol. The maximum Gasteiger partial charge on any atom is 0.164 e. The molecule has 1 aliphatic heterocycles. The van der Waals surface area contributed by atoms with E-state index < -0.39 is 5.82 Å². The van der Waals surface area contributed by atoms with Crippen LogP contribution < -0.4 is 11.1 Å². The number of nitrogens with two attached hydrogens (primary N) is 1. The van der Waals surface area contributed by atoms with Crippen molar-refractivity contribution >= 4 is 46.8 Å². The van der Waals surface area contributed by atoms with Crippen LogP contribution in [0.2, 0.25) is 0 Å². The summed E-state index contributed by atoms with van der Waals surface area (Å²) < 4.78 is 16.4. The topological polar surface area (TPSA) is 121 Å². The molecule has 4 heterocycles. The molecule has 1 aliphatic rings. The summed E-state index contributed by atoms with van der Waals surface area (Å²) in [5.74, 6) is 0.931. The van der Waals surface area contributed by atoms with Gasteiger partial charge in [0.15, 0.2) is 11.5 Å². The van der Waals surface area contributed by atoms with Crippen LogP contribution in [0.3, 0.4) is 0 Å². The van der Waals surface area contributed by atoms with E-state index in [4.69, 9.17) is 16.0 Å². The first-order chi connectivity index (χ1) is 21.9. The predicted molar refractivity (Wildman–Crippen MR) is 179 cm³/mol. The van der Waals surface area contributed by atoms with E-state index in [0.717, 1.165) is 54.9 Å². The largest absolute Gasteiger partial charge is 0.383 e. The Hall–Kier alpha value is -5.05. The normalized spacial score (nSPS) is 13.9. The third kappa shape index (κ3) is 6.43. The number of anilines is 1. The lowest BCUT2D eigenvalue weighted by atomic mass is 10.0. The number of piperidine rings is 1. The van der Waals surface area contributed by atoms with E-state index in [1.165, 1.54) is 29.5 Å². The Labute approximate surface area is 265 Å². The summed E-state index contributed by atoms with van der Waals surface area (Å²) >= 11 is 1.31. The number of halogens is 1. The molecule has 0 radical (unpaired) electrons. The Morgan fingerprint density at radius 3 is 2.60 bits per heavy atom. The van der Waals surface area contributed by atoms with Gasteiger partial charge in [0.1, 0.15) is 17.2 Å². The average molecular weight is 618 g/mol. The van der Waals surface area contributed by atoms with E-state index in [1.54, 1.807) is 12.4 Å². The fraction of sp³-hybridized carbons (Fsp3) is 0.206. The molecule has 45 heavy (non-hydrogen) atoms. The highest BCUT2D eigenvalue weighted by molar-refractivity contribution is 7.99. The van der Waals surface area contributed by atoms with Crippen molar-refractivity contribution in [2.75, 3.05) is 24.6 Å². The van der Waals surface area contributed by atoms with Crippen LogP contribution in [-0.2, 0) is 6.54 Å². The van der Waals surface area contributed by atoms with Crippen LogP contribution in [-0.4, -0.2) is 56.0 Å². The number of nitrogens with one attached hydrogen (secondary N) is 1. The number of hydrogen-bond donors (Lipinski definition) is 2. The second-order valence-electron chi connectivity index (χ2n) is 10.8. The number of thioether (sulfide) groups is 1. The lowest BCUT2D eigenvalue weighted by Crippen LogP contribution is -2.41. The third-order valence-electron chi connectivity index (χ3n) is 7.87. The van der Waals surface area contributed by atoms with Gasteiger partial charge in [0.05, 0.1) is 23.1 Å². The minimum Gasteiger partial charge on any atom is -0.383 e. The first-order valence-corrected chi connectivity index (χ1v) is 15.6. The van der Waals surface area contributed by atoms with E-state index in [9.17, 15) is 4.39 Å². The lowest BCUT2D eigenvalue weighted by Gasteiger charge is -2.33. The standard InChI is InChI=1S/C34H32FN9S/c1-22(28-19-24(35)20-30(38-2)31(28)45-18-13-36)41-25-11-16-43(17-12-25)21-23-7-9-26(10-8-23)44-33(27-5-3-14-39-32(27)37)42-29-6-4-15-40-34(29)44/h3-10,14-15,19-20,25,41H,1-2,11-12,16-18,21H2,(H2,37,39). The lowest BCUT2D eigenvalue weighted by molar-refractivity contribution is 0.198. The van der Waals surface area contributed by atoms with Crippen LogP contribution in [0.1, 0.15) is 24.0 Å². The number of nitrogen functional groups attached to an aromatic ring is 1. The van der Waals surface area contributed by atoms with Crippen LogP contribution in [0.15, 0.2) is 89.5 Å². The maximum absolute atomic E-state index is 14.3.